The van der Waals surface area contributed by atoms with Crippen LogP contribution in [0.15, 0.2) is 22.8 Å². The first kappa shape index (κ1) is 15.2. The number of hydrogen-bond acceptors (Lipinski definition) is 2. The van der Waals surface area contributed by atoms with Gasteiger partial charge in [-0.1, -0.05) is 32.6 Å². The van der Waals surface area contributed by atoms with Crippen molar-refractivity contribution in [1.29, 1.82) is 0 Å². The summed E-state index contributed by atoms with van der Waals surface area (Å²) in [6.07, 6.45) is 7.57. The Morgan fingerprint density at radius 3 is 2.89 bits per heavy atom. The number of halogens is 1. The average molecular weight is 313 g/mol. The molecule has 1 aromatic rings. The molecule has 0 aromatic carbocycles. The highest BCUT2D eigenvalue weighted by Crippen LogP contribution is 2.13. The van der Waals surface area contributed by atoms with Crippen molar-refractivity contribution in [1.82, 2.24) is 10.3 Å². The van der Waals surface area contributed by atoms with Crippen LogP contribution < -0.4 is 5.32 Å². The lowest BCUT2D eigenvalue weighted by Gasteiger charge is -2.13. The SMILES string of the molecule is CCCCCCC(C)NC(=O)c1ncccc1Br. The van der Waals surface area contributed by atoms with Gasteiger partial charge in [-0.25, -0.2) is 4.98 Å². The standard InChI is InChI=1S/C14H21BrN2O/c1-3-4-5-6-8-11(2)17-14(18)13-12(15)9-7-10-16-13/h7,9-11H,3-6,8H2,1-2H3,(H,17,18). The van der Waals surface area contributed by atoms with E-state index in [1.165, 1.54) is 25.7 Å². The van der Waals surface area contributed by atoms with E-state index in [4.69, 9.17) is 0 Å². The van der Waals surface area contributed by atoms with Crippen LogP contribution in [-0.2, 0) is 0 Å². The van der Waals surface area contributed by atoms with Gasteiger partial charge in [0.25, 0.3) is 5.91 Å². The molecule has 4 heteroatoms. The lowest BCUT2D eigenvalue weighted by Crippen LogP contribution is -2.33. The zero-order valence-electron chi connectivity index (χ0n) is 11.1. The number of nitrogens with zero attached hydrogens (tertiary/aromatic N) is 1. The highest BCUT2D eigenvalue weighted by Gasteiger charge is 2.13. The van der Waals surface area contributed by atoms with Crippen molar-refractivity contribution in [3.05, 3.63) is 28.5 Å². The molecule has 1 heterocycles. The summed E-state index contributed by atoms with van der Waals surface area (Å²) in [5.41, 5.74) is 0.456. The van der Waals surface area contributed by atoms with Crippen LogP contribution in [0.3, 0.4) is 0 Å². The molecule has 0 aliphatic heterocycles. The van der Waals surface area contributed by atoms with Crippen molar-refractivity contribution >= 4 is 21.8 Å². The fourth-order valence-corrected chi connectivity index (χ4v) is 2.23. The van der Waals surface area contributed by atoms with Crippen LogP contribution in [-0.4, -0.2) is 16.9 Å². The fourth-order valence-electron chi connectivity index (χ4n) is 1.79. The van der Waals surface area contributed by atoms with Crippen molar-refractivity contribution in [2.75, 3.05) is 0 Å². The second-order valence-corrected chi connectivity index (χ2v) is 5.41. The van der Waals surface area contributed by atoms with Crippen molar-refractivity contribution in [2.45, 2.75) is 52.0 Å². The van der Waals surface area contributed by atoms with Crippen LogP contribution in [0.2, 0.25) is 0 Å². The second-order valence-electron chi connectivity index (χ2n) is 4.56. The Hall–Kier alpha value is -0.900. The molecular weight excluding hydrogens is 292 g/mol. The molecule has 3 nitrogen and oxygen atoms in total. The third-order valence-electron chi connectivity index (χ3n) is 2.84. The summed E-state index contributed by atoms with van der Waals surface area (Å²) in [6.45, 7) is 4.24. The van der Waals surface area contributed by atoms with Crippen LogP contribution in [0.1, 0.15) is 56.4 Å². The molecule has 0 aliphatic carbocycles. The molecule has 0 bridgehead atoms. The summed E-state index contributed by atoms with van der Waals surface area (Å²) in [6, 6.07) is 3.83. The van der Waals surface area contributed by atoms with E-state index in [0.29, 0.717) is 5.69 Å². The quantitative estimate of drug-likeness (QED) is 0.775. The number of aromatic nitrogens is 1. The third kappa shape index (κ3) is 5.17. The van der Waals surface area contributed by atoms with Gasteiger partial charge in [-0.05, 0) is 41.4 Å². The zero-order valence-corrected chi connectivity index (χ0v) is 12.7. The van der Waals surface area contributed by atoms with E-state index in [9.17, 15) is 4.79 Å². The lowest BCUT2D eigenvalue weighted by molar-refractivity contribution is 0.0932. The van der Waals surface area contributed by atoms with E-state index < -0.39 is 0 Å². The Kier molecular flexibility index (Phi) is 6.94. The first-order valence-electron chi connectivity index (χ1n) is 6.56. The Bertz CT molecular complexity index is 382. The first-order chi connectivity index (χ1) is 8.65. The van der Waals surface area contributed by atoms with Gasteiger partial charge >= 0.3 is 0 Å². The Morgan fingerprint density at radius 2 is 2.22 bits per heavy atom. The van der Waals surface area contributed by atoms with E-state index in [-0.39, 0.29) is 11.9 Å². The summed E-state index contributed by atoms with van der Waals surface area (Å²) in [5, 5.41) is 2.98. The van der Waals surface area contributed by atoms with Crippen LogP contribution in [0, 0.1) is 0 Å². The molecule has 0 saturated heterocycles. The number of amides is 1. The molecular formula is C14H21BrN2O. The first-order valence-corrected chi connectivity index (χ1v) is 7.35. The average Bonchev–Trinajstić information content (AvgIpc) is 2.35. The molecule has 0 saturated carbocycles. The van der Waals surface area contributed by atoms with E-state index in [2.05, 4.69) is 33.2 Å². The van der Waals surface area contributed by atoms with Gasteiger partial charge < -0.3 is 5.32 Å². The number of unbranched alkanes of at least 4 members (excludes halogenated alkanes) is 3. The maximum atomic E-state index is 12.0. The van der Waals surface area contributed by atoms with Gasteiger partial charge in [-0.15, -0.1) is 0 Å². The molecule has 1 amide bonds. The highest BCUT2D eigenvalue weighted by atomic mass is 79.9. The Balaban J connectivity index is 2.38. The second kappa shape index (κ2) is 8.25. The molecule has 0 aliphatic rings. The molecule has 18 heavy (non-hydrogen) atoms. The lowest BCUT2D eigenvalue weighted by atomic mass is 10.1. The van der Waals surface area contributed by atoms with Gasteiger partial charge in [-0.3, -0.25) is 4.79 Å². The number of rotatable bonds is 7. The number of carbonyl (C=O) groups excluding carboxylic acids is 1. The normalized spacial score (nSPS) is 12.2. The fraction of sp³-hybridized carbons (Fsp3) is 0.571. The van der Waals surface area contributed by atoms with Crippen molar-refractivity contribution in [3.63, 3.8) is 0 Å². The molecule has 0 radical (unpaired) electrons. The topological polar surface area (TPSA) is 42.0 Å². The van der Waals surface area contributed by atoms with Gasteiger partial charge in [0.2, 0.25) is 0 Å². The molecule has 1 unspecified atom stereocenters. The van der Waals surface area contributed by atoms with Crippen LogP contribution in [0.5, 0.6) is 0 Å². The predicted octanol–water partition coefficient (Wildman–Crippen LogP) is 3.93. The van der Waals surface area contributed by atoms with Gasteiger partial charge in [0, 0.05) is 16.7 Å². The molecule has 0 fully saturated rings. The van der Waals surface area contributed by atoms with E-state index in [1.807, 2.05) is 13.0 Å². The molecule has 1 rings (SSSR count). The zero-order chi connectivity index (χ0) is 13.4. The minimum absolute atomic E-state index is 0.106. The minimum Gasteiger partial charge on any atom is -0.348 e. The maximum absolute atomic E-state index is 12.0. The number of carbonyl (C=O) groups is 1. The van der Waals surface area contributed by atoms with Gasteiger partial charge in [0.05, 0.1) is 0 Å². The van der Waals surface area contributed by atoms with E-state index in [0.717, 1.165) is 10.9 Å². The molecule has 1 atom stereocenters. The van der Waals surface area contributed by atoms with Crippen molar-refractivity contribution in [2.24, 2.45) is 0 Å². The number of pyridine rings is 1. The predicted molar refractivity (Wildman–Crippen MR) is 77.6 cm³/mol. The summed E-state index contributed by atoms with van der Waals surface area (Å²) in [7, 11) is 0. The number of hydrogen-bond donors (Lipinski definition) is 1. The summed E-state index contributed by atoms with van der Waals surface area (Å²) in [4.78, 5) is 16.0. The monoisotopic (exact) mass is 312 g/mol. The van der Waals surface area contributed by atoms with Crippen LogP contribution in [0.25, 0.3) is 0 Å². The minimum atomic E-state index is -0.106. The Morgan fingerprint density at radius 1 is 1.44 bits per heavy atom. The van der Waals surface area contributed by atoms with Crippen molar-refractivity contribution in [3.8, 4) is 0 Å². The molecule has 0 spiro atoms. The molecule has 100 valence electrons. The smallest absolute Gasteiger partial charge is 0.271 e. The highest BCUT2D eigenvalue weighted by molar-refractivity contribution is 9.10. The number of nitrogens with one attached hydrogen (secondary N) is 1. The van der Waals surface area contributed by atoms with Gasteiger partial charge in [0.15, 0.2) is 0 Å². The largest absolute Gasteiger partial charge is 0.348 e. The van der Waals surface area contributed by atoms with Gasteiger partial charge in [-0.2, -0.15) is 0 Å². The van der Waals surface area contributed by atoms with Gasteiger partial charge in [0.1, 0.15) is 5.69 Å². The summed E-state index contributed by atoms with van der Waals surface area (Å²) >= 11 is 3.34. The third-order valence-corrected chi connectivity index (χ3v) is 3.48. The molecule has 1 aromatic heterocycles. The van der Waals surface area contributed by atoms with Crippen molar-refractivity contribution < 1.29 is 4.79 Å². The summed E-state index contributed by atoms with van der Waals surface area (Å²) < 4.78 is 0.737. The maximum Gasteiger partial charge on any atom is 0.271 e. The van der Waals surface area contributed by atoms with E-state index in [1.54, 1.807) is 12.3 Å². The van der Waals surface area contributed by atoms with E-state index >= 15 is 0 Å². The van der Waals surface area contributed by atoms with Crippen LogP contribution >= 0.6 is 15.9 Å². The Labute approximate surface area is 118 Å². The molecule has 1 N–H and O–H groups in total. The summed E-state index contributed by atoms with van der Waals surface area (Å²) in [5.74, 6) is -0.106. The van der Waals surface area contributed by atoms with Crippen LogP contribution in [0.4, 0.5) is 0 Å².